The van der Waals surface area contributed by atoms with Gasteiger partial charge in [0.15, 0.2) is 11.5 Å². The van der Waals surface area contributed by atoms with Gasteiger partial charge in [-0.25, -0.2) is 4.79 Å². The lowest BCUT2D eigenvalue weighted by atomic mass is 10.2. The molecule has 0 fully saturated rings. The molecule has 0 saturated heterocycles. The lowest BCUT2D eigenvalue weighted by Crippen LogP contribution is -1.97. The zero-order valence-electron chi connectivity index (χ0n) is 9.79. The summed E-state index contributed by atoms with van der Waals surface area (Å²) in [6.45, 7) is 0.255. The summed E-state index contributed by atoms with van der Waals surface area (Å²) in [5.74, 6) is 0.902. The van der Waals surface area contributed by atoms with Crippen molar-refractivity contribution in [3.63, 3.8) is 0 Å². The van der Waals surface area contributed by atoms with E-state index in [0.29, 0.717) is 0 Å². The largest absolute Gasteiger partial charge is 0.454 e. The average Bonchev–Trinajstić information content (AvgIpc) is 2.82. The van der Waals surface area contributed by atoms with Crippen molar-refractivity contribution in [2.75, 3.05) is 13.9 Å². The number of ether oxygens (including phenoxy) is 2. The van der Waals surface area contributed by atoms with Crippen molar-refractivity contribution in [2.45, 2.75) is 0 Å². The van der Waals surface area contributed by atoms with Crippen molar-refractivity contribution in [3.05, 3.63) is 42.0 Å². The highest BCUT2D eigenvalue weighted by molar-refractivity contribution is 5.81. The second-order valence-electron chi connectivity index (χ2n) is 3.40. The topological polar surface area (TPSA) is 54.0 Å². The fraction of sp³-hybridized carbons (Fsp3) is 0.154. The molecule has 0 aromatic heterocycles. The minimum atomic E-state index is -0.562. The van der Waals surface area contributed by atoms with E-state index in [9.17, 15) is 4.79 Å². The number of rotatable bonds is 4. The number of hydrogen-bond donors (Lipinski definition) is 0. The van der Waals surface area contributed by atoms with Gasteiger partial charge in [-0.3, -0.25) is 4.89 Å². The van der Waals surface area contributed by atoms with Gasteiger partial charge in [-0.1, -0.05) is 24.3 Å². The van der Waals surface area contributed by atoms with Gasteiger partial charge in [0.25, 0.3) is 0 Å². The second kappa shape index (κ2) is 5.88. The van der Waals surface area contributed by atoms with Crippen LogP contribution in [0.25, 0.3) is 6.08 Å². The van der Waals surface area contributed by atoms with E-state index in [2.05, 4.69) is 9.78 Å². The van der Waals surface area contributed by atoms with Crippen LogP contribution in [0.4, 0.5) is 0 Å². The molecule has 0 spiro atoms. The van der Waals surface area contributed by atoms with E-state index >= 15 is 0 Å². The Hall–Kier alpha value is -2.27. The number of fused-ring (bicyclic) bond motifs is 1. The third kappa shape index (κ3) is 3.11. The quantitative estimate of drug-likeness (QED) is 0.353. The number of carbonyl (C=O) groups is 1. The molecule has 1 aromatic carbocycles. The van der Waals surface area contributed by atoms with Gasteiger partial charge in [0.1, 0.15) is 0 Å². The van der Waals surface area contributed by atoms with Crippen molar-refractivity contribution < 1.29 is 24.0 Å². The van der Waals surface area contributed by atoms with Gasteiger partial charge in [0, 0.05) is 6.08 Å². The van der Waals surface area contributed by atoms with E-state index in [4.69, 9.17) is 9.47 Å². The Balaban J connectivity index is 1.95. The summed E-state index contributed by atoms with van der Waals surface area (Å²) < 4.78 is 10.5. The molecule has 1 aliphatic rings. The lowest BCUT2D eigenvalue weighted by Gasteiger charge is -1.96. The third-order valence-electron chi connectivity index (χ3n) is 2.19. The maximum Gasteiger partial charge on any atom is 0.365 e. The highest BCUT2D eigenvalue weighted by Crippen LogP contribution is 2.32. The van der Waals surface area contributed by atoms with Gasteiger partial charge in [-0.2, -0.15) is 4.89 Å². The molecular weight excluding hydrogens is 236 g/mol. The van der Waals surface area contributed by atoms with Crippen LogP contribution in [0, 0.1) is 0 Å². The predicted molar refractivity (Wildman–Crippen MR) is 63.8 cm³/mol. The number of hydrogen-bond acceptors (Lipinski definition) is 5. The second-order valence-corrected chi connectivity index (χ2v) is 3.40. The summed E-state index contributed by atoms with van der Waals surface area (Å²) in [7, 11) is 1.27. The molecule has 0 aliphatic carbocycles. The Bertz CT molecular complexity index is 490. The molecule has 0 saturated carbocycles. The lowest BCUT2D eigenvalue weighted by molar-refractivity contribution is -0.249. The van der Waals surface area contributed by atoms with Crippen LogP contribution in [0.3, 0.4) is 0 Å². The van der Waals surface area contributed by atoms with Gasteiger partial charge in [-0.05, 0) is 17.7 Å². The van der Waals surface area contributed by atoms with Crippen LogP contribution in [0.1, 0.15) is 5.56 Å². The predicted octanol–water partition coefficient (Wildman–Crippen LogP) is 2.09. The molecule has 1 aromatic rings. The van der Waals surface area contributed by atoms with Gasteiger partial charge in [-0.15, -0.1) is 0 Å². The Labute approximate surface area is 104 Å². The first kappa shape index (κ1) is 12.2. The summed E-state index contributed by atoms with van der Waals surface area (Å²) in [6, 6.07) is 5.59. The molecular formula is C13H12O5. The summed E-state index contributed by atoms with van der Waals surface area (Å²) in [5, 5.41) is 0. The van der Waals surface area contributed by atoms with Crippen molar-refractivity contribution in [1.82, 2.24) is 0 Å². The van der Waals surface area contributed by atoms with Crippen molar-refractivity contribution in [2.24, 2.45) is 0 Å². The highest BCUT2D eigenvalue weighted by atomic mass is 17.2. The Kier molecular flexibility index (Phi) is 3.98. The molecule has 0 atom stereocenters. The first-order chi connectivity index (χ1) is 8.79. The molecule has 0 unspecified atom stereocenters. The van der Waals surface area contributed by atoms with Gasteiger partial charge < -0.3 is 9.47 Å². The van der Waals surface area contributed by atoms with Gasteiger partial charge in [0.2, 0.25) is 6.79 Å². The van der Waals surface area contributed by atoms with Crippen LogP contribution in [0.15, 0.2) is 36.4 Å². The molecule has 0 N–H and O–H groups in total. The maximum absolute atomic E-state index is 10.9. The molecule has 94 valence electrons. The number of benzene rings is 1. The van der Waals surface area contributed by atoms with Crippen LogP contribution in [-0.4, -0.2) is 19.9 Å². The smallest absolute Gasteiger partial charge is 0.365 e. The molecule has 18 heavy (non-hydrogen) atoms. The van der Waals surface area contributed by atoms with Crippen molar-refractivity contribution in [3.8, 4) is 11.5 Å². The van der Waals surface area contributed by atoms with Gasteiger partial charge in [0.05, 0.1) is 7.11 Å². The number of allylic oxidation sites excluding steroid dienone is 2. The Morgan fingerprint density at radius 2 is 2.11 bits per heavy atom. The van der Waals surface area contributed by atoms with Crippen molar-refractivity contribution in [1.29, 1.82) is 0 Å². The summed E-state index contributed by atoms with van der Waals surface area (Å²) in [6.07, 6.45) is 6.37. The SMILES string of the molecule is COOC(=O)/C=C/C=C/c1ccc2c(c1)OCO2. The molecule has 1 aliphatic heterocycles. The van der Waals surface area contributed by atoms with Crippen LogP contribution in [0.2, 0.25) is 0 Å². The third-order valence-corrected chi connectivity index (χ3v) is 2.19. The first-order valence-electron chi connectivity index (χ1n) is 5.28. The minimum absolute atomic E-state index is 0.255. The first-order valence-corrected chi connectivity index (χ1v) is 5.28. The summed E-state index contributed by atoms with van der Waals surface area (Å²) >= 11 is 0. The molecule has 5 heteroatoms. The standard InChI is InChI=1S/C13H12O5/c1-15-18-13(14)5-3-2-4-10-6-7-11-12(8-10)17-9-16-11/h2-8H,9H2,1H3/b4-2+,5-3+. The summed E-state index contributed by atoms with van der Waals surface area (Å²) in [5.41, 5.74) is 0.948. The van der Waals surface area contributed by atoms with Gasteiger partial charge >= 0.3 is 5.97 Å². The zero-order chi connectivity index (χ0) is 12.8. The zero-order valence-corrected chi connectivity index (χ0v) is 9.79. The van der Waals surface area contributed by atoms with Crippen LogP contribution >= 0.6 is 0 Å². The van der Waals surface area contributed by atoms with Crippen LogP contribution in [-0.2, 0) is 14.6 Å². The highest BCUT2D eigenvalue weighted by Gasteiger charge is 2.11. The van der Waals surface area contributed by atoms with E-state index in [1.807, 2.05) is 24.3 Å². The van der Waals surface area contributed by atoms with E-state index in [1.165, 1.54) is 13.2 Å². The van der Waals surface area contributed by atoms with E-state index < -0.39 is 5.97 Å². The minimum Gasteiger partial charge on any atom is -0.454 e. The van der Waals surface area contributed by atoms with Crippen LogP contribution in [0.5, 0.6) is 11.5 Å². The van der Waals surface area contributed by atoms with E-state index in [1.54, 1.807) is 12.2 Å². The molecule has 0 radical (unpaired) electrons. The molecule has 5 nitrogen and oxygen atoms in total. The molecule has 0 bridgehead atoms. The number of carbonyl (C=O) groups excluding carboxylic acids is 1. The average molecular weight is 248 g/mol. The maximum atomic E-state index is 10.9. The Morgan fingerprint density at radius 3 is 2.94 bits per heavy atom. The monoisotopic (exact) mass is 248 g/mol. The fourth-order valence-electron chi connectivity index (χ4n) is 1.43. The molecule has 2 rings (SSSR count). The fourth-order valence-corrected chi connectivity index (χ4v) is 1.43. The Morgan fingerprint density at radius 1 is 1.28 bits per heavy atom. The summed E-state index contributed by atoms with van der Waals surface area (Å²) in [4.78, 5) is 19.4. The van der Waals surface area contributed by atoms with Crippen molar-refractivity contribution >= 4 is 12.0 Å². The van der Waals surface area contributed by atoms with Crippen LogP contribution < -0.4 is 9.47 Å². The molecule has 0 amide bonds. The normalized spacial score (nSPS) is 13.4. The van der Waals surface area contributed by atoms with E-state index in [-0.39, 0.29) is 6.79 Å². The molecule has 1 heterocycles. The van der Waals surface area contributed by atoms with E-state index in [0.717, 1.165) is 17.1 Å².